The number of benzene rings is 2. The molecule has 1 aliphatic heterocycles. The van der Waals surface area contributed by atoms with Crippen LogP contribution in [0.1, 0.15) is 27.0 Å². The molecule has 0 spiro atoms. The van der Waals surface area contributed by atoms with Gasteiger partial charge in [0.25, 0.3) is 5.91 Å². The van der Waals surface area contributed by atoms with E-state index in [0.29, 0.717) is 0 Å². The van der Waals surface area contributed by atoms with Crippen molar-refractivity contribution < 1.29 is 40.7 Å². The Morgan fingerprint density at radius 1 is 1.07 bits per heavy atom. The number of halogens is 6. The second-order valence-corrected chi connectivity index (χ2v) is 6.35. The standard InChI is InChI=1S/C20H13F6NO3/c1-30-17(28)9-16(20(24,25)26)11-4-2-5-12(8-11)27-10-14-13(18(27)29)6-3-7-15(14)19(21,22)23/h2-9H,10H2,1H3/b16-9-. The fourth-order valence-electron chi connectivity index (χ4n) is 3.15. The van der Waals surface area contributed by atoms with Crippen molar-refractivity contribution in [3.63, 3.8) is 0 Å². The Bertz CT molecular complexity index is 1040. The van der Waals surface area contributed by atoms with Gasteiger partial charge < -0.3 is 9.64 Å². The highest BCUT2D eigenvalue weighted by atomic mass is 19.4. The van der Waals surface area contributed by atoms with Gasteiger partial charge in [-0.05, 0) is 35.4 Å². The van der Waals surface area contributed by atoms with E-state index in [1.807, 2.05) is 0 Å². The van der Waals surface area contributed by atoms with Crippen LogP contribution in [0, 0.1) is 0 Å². The Hall–Kier alpha value is -3.30. The van der Waals surface area contributed by atoms with Gasteiger partial charge in [-0.2, -0.15) is 26.3 Å². The molecule has 158 valence electrons. The maximum Gasteiger partial charge on any atom is 0.417 e. The van der Waals surface area contributed by atoms with E-state index in [1.54, 1.807) is 0 Å². The molecule has 0 N–H and O–H groups in total. The summed E-state index contributed by atoms with van der Waals surface area (Å²) in [6.45, 7) is -0.449. The number of anilines is 1. The highest BCUT2D eigenvalue weighted by Gasteiger charge is 2.40. The Balaban J connectivity index is 2.04. The molecule has 0 bridgehead atoms. The van der Waals surface area contributed by atoms with Crippen LogP contribution in [0.25, 0.3) is 5.57 Å². The number of hydrogen-bond acceptors (Lipinski definition) is 3. The van der Waals surface area contributed by atoms with Crippen LogP contribution in [-0.4, -0.2) is 25.2 Å². The topological polar surface area (TPSA) is 46.6 Å². The molecule has 0 fully saturated rings. The zero-order chi connectivity index (χ0) is 22.3. The van der Waals surface area contributed by atoms with Crippen molar-refractivity contribution in [2.75, 3.05) is 12.0 Å². The van der Waals surface area contributed by atoms with Crippen LogP contribution in [-0.2, 0) is 22.3 Å². The molecule has 30 heavy (non-hydrogen) atoms. The van der Waals surface area contributed by atoms with E-state index in [1.165, 1.54) is 18.2 Å². The first-order chi connectivity index (χ1) is 13.9. The highest BCUT2D eigenvalue weighted by molar-refractivity contribution is 6.10. The molecule has 0 saturated carbocycles. The number of methoxy groups -OCH3 is 1. The average Bonchev–Trinajstić information content (AvgIpc) is 3.01. The summed E-state index contributed by atoms with van der Waals surface area (Å²) in [5, 5.41) is 0. The molecule has 0 aliphatic carbocycles. The van der Waals surface area contributed by atoms with Crippen LogP contribution in [0.4, 0.5) is 32.0 Å². The van der Waals surface area contributed by atoms with Crippen LogP contribution in [0.2, 0.25) is 0 Å². The van der Waals surface area contributed by atoms with Gasteiger partial charge in [-0.3, -0.25) is 4.79 Å². The number of carbonyl (C=O) groups excluding carboxylic acids is 2. The molecule has 10 heteroatoms. The molecule has 3 rings (SSSR count). The van der Waals surface area contributed by atoms with Crippen molar-refractivity contribution in [1.82, 2.24) is 0 Å². The summed E-state index contributed by atoms with van der Waals surface area (Å²) < 4.78 is 84.2. The maximum absolute atomic E-state index is 13.4. The van der Waals surface area contributed by atoms with Crippen molar-refractivity contribution in [2.24, 2.45) is 0 Å². The summed E-state index contributed by atoms with van der Waals surface area (Å²) >= 11 is 0. The first kappa shape index (κ1) is 21.4. The number of nitrogens with zero attached hydrogens (tertiary/aromatic N) is 1. The summed E-state index contributed by atoms with van der Waals surface area (Å²) in [5.41, 5.74) is -3.19. The van der Waals surface area contributed by atoms with Crippen molar-refractivity contribution in [2.45, 2.75) is 18.9 Å². The smallest absolute Gasteiger partial charge is 0.417 e. The number of rotatable bonds is 3. The number of hydrogen-bond donors (Lipinski definition) is 0. The van der Waals surface area contributed by atoms with Crippen molar-refractivity contribution in [3.05, 3.63) is 70.8 Å². The highest BCUT2D eigenvalue weighted by Crippen LogP contribution is 2.40. The van der Waals surface area contributed by atoms with E-state index >= 15 is 0 Å². The second-order valence-electron chi connectivity index (χ2n) is 6.35. The molecule has 1 heterocycles. The molecular formula is C20H13F6NO3. The van der Waals surface area contributed by atoms with Gasteiger partial charge in [0, 0.05) is 17.3 Å². The lowest BCUT2D eigenvalue weighted by molar-refractivity contribution is -0.138. The third-order valence-electron chi connectivity index (χ3n) is 4.51. The Labute approximate surface area is 166 Å². The second kappa shape index (κ2) is 7.51. The summed E-state index contributed by atoms with van der Waals surface area (Å²) in [7, 11) is 0.918. The van der Waals surface area contributed by atoms with Gasteiger partial charge in [0.05, 0.1) is 24.8 Å². The molecule has 0 unspecified atom stereocenters. The SMILES string of the molecule is COC(=O)/C=C(/c1cccc(N2Cc3c(cccc3C(F)(F)F)C2=O)c1)C(F)(F)F. The lowest BCUT2D eigenvalue weighted by Crippen LogP contribution is -2.23. The molecular weight excluding hydrogens is 416 g/mol. The van der Waals surface area contributed by atoms with Gasteiger partial charge in [0.2, 0.25) is 0 Å². The van der Waals surface area contributed by atoms with E-state index in [-0.39, 0.29) is 22.9 Å². The first-order valence-corrected chi connectivity index (χ1v) is 8.41. The zero-order valence-corrected chi connectivity index (χ0v) is 15.3. The van der Waals surface area contributed by atoms with Gasteiger partial charge >= 0.3 is 18.3 Å². The van der Waals surface area contributed by atoms with Gasteiger partial charge in [0.1, 0.15) is 0 Å². The number of ether oxygens (including phenoxy) is 1. The van der Waals surface area contributed by atoms with Crippen molar-refractivity contribution in [1.29, 1.82) is 0 Å². The molecule has 2 aromatic rings. The first-order valence-electron chi connectivity index (χ1n) is 8.41. The third-order valence-corrected chi connectivity index (χ3v) is 4.51. The lowest BCUT2D eigenvalue weighted by Gasteiger charge is -2.19. The minimum atomic E-state index is -4.91. The van der Waals surface area contributed by atoms with E-state index in [9.17, 15) is 35.9 Å². The summed E-state index contributed by atoms with van der Waals surface area (Å²) in [5.74, 6) is -1.99. The fraction of sp³-hybridized carbons (Fsp3) is 0.200. The van der Waals surface area contributed by atoms with Gasteiger partial charge in [-0.15, -0.1) is 0 Å². The quantitative estimate of drug-likeness (QED) is 0.393. The number of allylic oxidation sites excluding steroid dienone is 1. The molecule has 0 atom stereocenters. The Morgan fingerprint density at radius 2 is 1.73 bits per heavy atom. The predicted molar refractivity (Wildman–Crippen MR) is 94.4 cm³/mol. The number of fused-ring (bicyclic) bond motifs is 1. The third kappa shape index (κ3) is 4.03. The molecule has 2 aromatic carbocycles. The summed E-state index contributed by atoms with van der Waals surface area (Å²) in [6.07, 6.45) is -9.33. The van der Waals surface area contributed by atoms with E-state index in [0.717, 1.165) is 36.3 Å². The van der Waals surface area contributed by atoms with E-state index < -0.39 is 47.5 Å². The van der Waals surface area contributed by atoms with Crippen LogP contribution < -0.4 is 4.90 Å². The van der Waals surface area contributed by atoms with Crippen LogP contribution >= 0.6 is 0 Å². The largest absolute Gasteiger partial charge is 0.466 e. The number of esters is 1. The minimum absolute atomic E-state index is 0.0400. The van der Waals surface area contributed by atoms with Crippen LogP contribution in [0.5, 0.6) is 0 Å². The van der Waals surface area contributed by atoms with E-state index in [4.69, 9.17) is 0 Å². The van der Waals surface area contributed by atoms with Crippen molar-refractivity contribution >= 4 is 23.1 Å². The number of carbonyl (C=O) groups is 2. The molecule has 1 amide bonds. The molecule has 0 saturated heterocycles. The van der Waals surface area contributed by atoms with Gasteiger partial charge in [-0.1, -0.05) is 18.2 Å². The normalized spacial score (nSPS) is 14.7. The molecule has 4 nitrogen and oxygen atoms in total. The van der Waals surface area contributed by atoms with Crippen LogP contribution in [0.15, 0.2) is 48.5 Å². The summed E-state index contributed by atoms with van der Waals surface area (Å²) in [4.78, 5) is 24.9. The molecule has 1 aliphatic rings. The Morgan fingerprint density at radius 3 is 2.33 bits per heavy atom. The number of alkyl halides is 6. The zero-order valence-electron chi connectivity index (χ0n) is 15.3. The predicted octanol–water partition coefficient (Wildman–Crippen LogP) is 4.98. The monoisotopic (exact) mass is 429 g/mol. The average molecular weight is 429 g/mol. The Kier molecular flexibility index (Phi) is 5.36. The molecule has 0 aromatic heterocycles. The minimum Gasteiger partial charge on any atom is -0.466 e. The van der Waals surface area contributed by atoms with Crippen LogP contribution in [0.3, 0.4) is 0 Å². The summed E-state index contributed by atoms with van der Waals surface area (Å²) in [6, 6.07) is 7.73. The van der Waals surface area contributed by atoms with E-state index in [2.05, 4.69) is 4.74 Å². The lowest BCUT2D eigenvalue weighted by atomic mass is 10.0. The van der Waals surface area contributed by atoms with Crippen molar-refractivity contribution in [3.8, 4) is 0 Å². The fourth-order valence-corrected chi connectivity index (χ4v) is 3.15. The number of amides is 1. The van der Waals surface area contributed by atoms with Gasteiger partial charge in [-0.25, -0.2) is 4.79 Å². The molecule has 0 radical (unpaired) electrons. The van der Waals surface area contributed by atoms with Gasteiger partial charge in [0.15, 0.2) is 0 Å². The maximum atomic E-state index is 13.4.